The van der Waals surface area contributed by atoms with Crippen molar-refractivity contribution in [2.24, 2.45) is 11.3 Å². The third kappa shape index (κ3) is 3.19. The second kappa shape index (κ2) is 6.86. The number of ketones is 1. The van der Waals surface area contributed by atoms with E-state index in [4.69, 9.17) is 0 Å². The Morgan fingerprint density at radius 1 is 0.964 bits per heavy atom. The monoisotopic (exact) mass is 381 g/mol. The Morgan fingerprint density at radius 2 is 1.57 bits per heavy atom. The van der Waals surface area contributed by atoms with Crippen LogP contribution in [0, 0.1) is 17.2 Å². The van der Waals surface area contributed by atoms with Gasteiger partial charge in [-0.1, -0.05) is 18.2 Å². The molecule has 28 heavy (non-hydrogen) atoms. The van der Waals surface area contributed by atoms with Crippen molar-refractivity contribution < 1.29 is 23.9 Å². The van der Waals surface area contributed by atoms with Crippen LogP contribution in [-0.2, 0) is 4.79 Å². The lowest BCUT2D eigenvalue weighted by atomic mass is 9.90. The maximum Gasteiger partial charge on any atom is 0.307 e. The lowest BCUT2D eigenvalue weighted by molar-refractivity contribution is -0.139. The Bertz CT molecular complexity index is 945. The molecule has 5 nitrogen and oxygen atoms in total. The number of amides is 1. The van der Waals surface area contributed by atoms with Gasteiger partial charge < -0.3 is 10.0 Å². The summed E-state index contributed by atoms with van der Waals surface area (Å²) in [4.78, 5) is 38.8. The number of rotatable bonds is 4. The number of piperidine rings is 1. The molecule has 1 aliphatic carbocycles. The molecule has 0 radical (unpaired) electrons. The molecule has 1 spiro atoms. The molecule has 2 fully saturated rings. The smallest absolute Gasteiger partial charge is 0.307 e. The molecule has 0 aromatic heterocycles. The van der Waals surface area contributed by atoms with E-state index in [9.17, 15) is 23.9 Å². The first-order valence-corrected chi connectivity index (χ1v) is 9.33. The normalized spacial score (nSPS) is 20.0. The first-order chi connectivity index (χ1) is 13.4. The average Bonchev–Trinajstić information content (AvgIpc) is 3.42. The van der Waals surface area contributed by atoms with Crippen molar-refractivity contribution in [1.82, 2.24) is 4.90 Å². The van der Waals surface area contributed by atoms with E-state index in [-0.39, 0.29) is 28.6 Å². The summed E-state index contributed by atoms with van der Waals surface area (Å²) >= 11 is 0. The molecule has 2 aromatic rings. The van der Waals surface area contributed by atoms with E-state index in [2.05, 4.69) is 0 Å². The Labute approximate surface area is 161 Å². The van der Waals surface area contributed by atoms with Crippen molar-refractivity contribution in [3.05, 3.63) is 71.0 Å². The maximum absolute atomic E-state index is 13.1. The lowest BCUT2D eigenvalue weighted by Crippen LogP contribution is -2.40. The fourth-order valence-electron chi connectivity index (χ4n) is 4.20. The third-order valence-corrected chi connectivity index (χ3v) is 6.04. The van der Waals surface area contributed by atoms with E-state index in [0.29, 0.717) is 43.5 Å². The molecule has 1 heterocycles. The molecule has 1 unspecified atom stereocenters. The number of benzene rings is 2. The van der Waals surface area contributed by atoms with Crippen molar-refractivity contribution >= 4 is 17.7 Å². The minimum absolute atomic E-state index is 0.161. The summed E-state index contributed by atoms with van der Waals surface area (Å²) in [6, 6.07) is 11.9. The number of carbonyl (C=O) groups excluding carboxylic acids is 2. The van der Waals surface area contributed by atoms with Crippen molar-refractivity contribution in [3.8, 4) is 0 Å². The first-order valence-electron chi connectivity index (χ1n) is 9.33. The quantitative estimate of drug-likeness (QED) is 0.824. The molecular formula is C22H20FNO4. The largest absolute Gasteiger partial charge is 0.481 e. The molecule has 2 aromatic carbocycles. The van der Waals surface area contributed by atoms with E-state index in [0.717, 1.165) is 0 Å². The zero-order valence-electron chi connectivity index (χ0n) is 15.2. The van der Waals surface area contributed by atoms with E-state index >= 15 is 0 Å². The first kappa shape index (κ1) is 18.3. The SMILES string of the molecule is O=C(c1ccc(F)cc1)c1ccccc1C(=O)N1CCC2(CC1)CC2C(=O)O. The summed E-state index contributed by atoms with van der Waals surface area (Å²) in [5.41, 5.74) is 0.764. The van der Waals surface area contributed by atoms with Crippen molar-refractivity contribution in [2.75, 3.05) is 13.1 Å². The molecule has 144 valence electrons. The lowest BCUT2D eigenvalue weighted by Gasteiger charge is -2.33. The standard InChI is InChI=1S/C22H20FNO4/c23-15-7-5-14(6-8-15)19(25)16-3-1-2-4-17(16)20(26)24-11-9-22(10-12-24)13-18(22)21(27)28/h1-8,18H,9-13H2,(H,27,28). The van der Waals surface area contributed by atoms with Gasteiger partial charge in [0.2, 0.25) is 0 Å². The highest BCUT2D eigenvalue weighted by Gasteiger charge is 2.59. The molecule has 1 amide bonds. The van der Waals surface area contributed by atoms with Gasteiger partial charge in [-0.15, -0.1) is 0 Å². The number of hydrogen-bond donors (Lipinski definition) is 1. The van der Waals surface area contributed by atoms with E-state index in [1.807, 2.05) is 0 Å². The Hall–Kier alpha value is -3.02. The van der Waals surface area contributed by atoms with Gasteiger partial charge in [0, 0.05) is 24.2 Å². The summed E-state index contributed by atoms with van der Waals surface area (Å²) in [5.74, 6) is -2.03. The van der Waals surface area contributed by atoms with Gasteiger partial charge in [0.25, 0.3) is 5.91 Å². The number of nitrogens with zero attached hydrogens (tertiary/aromatic N) is 1. The Morgan fingerprint density at radius 3 is 2.14 bits per heavy atom. The van der Waals surface area contributed by atoms with E-state index in [1.165, 1.54) is 24.3 Å². The van der Waals surface area contributed by atoms with Crippen LogP contribution >= 0.6 is 0 Å². The minimum atomic E-state index is -0.755. The van der Waals surface area contributed by atoms with Gasteiger partial charge in [-0.25, -0.2) is 4.39 Å². The van der Waals surface area contributed by atoms with Crippen molar-refractivity contribution in [3.63, 3.8) is 0 Å². The van der Waals surface area contributed by atoms with E-state index in [1.54, 1.807) is 29.2 Å². The number of carboxylic acid groups (broad SMARTS) is 1. The number of hydrogen-bond acceptors (Lipinski definition) is 3. The van der Waals surface area contributed by atoms with Gasteiger partial charge in [0.15, 0.2) is 5.78 Å². The van der Waals surface area contributed by atoms with Crippen molar-refractivity contribution in [2.45, 2.75) is 19.3 Å². The topological polar surface area (TPSA) is 74.7 Å². The van der Waals surface area contributed by atoms with Crippen LogP contribution < -0.4 is 0 Å². The molecule has 2 aliphatic rings. The number of halogens is 1. The highest BCUT2D eigenvalue weighted by atomic mass is 19.1. The maximum atomic E-state index is 13.1. The summed E-state index contributed by atoms with van der Waals surface area (Å²) in [6.07, 6.45) is 2.03. The second-order valence-electron chi connectivity index (χ2n) is 7.63. The average molecular weight is 381 g/mol. The molecule has 6 heteroatoms. The number of likely N-dealkylation sites (tertiary alicyclic amines) is 1. The van der Waals surface area contributed by atoms with Crippen LogP contribution in [0.15, 0.2) is 48.5 Å². The highest BCUT2D eigenvalue weighted by Crippen LogP contribution is 2.59. The predicted octanol–water partition coefficient (Wildman–Crippen LogP) is 3.38. The fourth-order valence-corrected chi connectivity index (χ4v) is 4.20. The molecule has 4 rings (SSSR count). The van der Waals surface area contributed by atoms with Crippen LogP contribution in [0.5, 0.6) is 0 Å². The Balaban J connectivity index is 1.52. The second-order valence-corrected chi connectivity index (χ2v) is 7.63. The van der Waals surface area contributed by atoms with Crippen LogP contribution in [0.25, 0.3) is 0 Å². The zero-order chi connectivity index (χ0) is 19.9. The summed E-state index contributed by atoms with van der Waals surface area (Å²) in [5, 5.41) is 9.21. The van der Waals surface area contributed by atoms with Gasteiger partial charge in [-0.05, 0) is 55.0 Å². The molecule has 1 saturated carbocycles. The van der Waals surface area contributed by atoms with Crippen LogP contribution in [-0.4, -0.2) is 40.8 Å². The van der Waals surface area contributed by atoms with Gasteiger partial charge in [-0.2, -0.15) is 0 Å². The van der Waals surface area contributed by atoms with Crippen LogP contribution in [0.3, 0.4) is 0 Å². The highest BCUT2D eigenvalue weighted by molar-refractivity contribution is 6.15. The van der Waals surface area contributed by atoms with Gasteiger partial charge in [0.1, 0.15) is 5.82 Å². The number of carbonyl (C=O) groups is 3. The molecular weight excluding hydrogens is 361 g/mol. The third-order valence-electron chi connectivity index (χ3n) is 6.04. The molecule has 0 bridgehead atoms. The van der Waals surface area contributed by atoms with Crippen LogP contribution in [0.2, 0.25) is 0 Å². The number of carboxylic acids is 1. The summed E-state index contributed by atoms with van der Waals surface area (Å²) < 4.78 is 13.1. The number of aliphatic carboxylic acids is 1. The summed E-state index contributed by atoms with van der Waals surface area (Å²) in [7, 11) is 0. The van der Waals surface area contributed by atoms with Crippen LogP contribution in [0.4, 0.5) is 4.39 Å². The minimum Gasteiger partial charge on any atom is -0.481 e. The summed E-state index contributed by atoms with van der Waals surface area (Å²) in [6.45, 7) is 0.976. The Kier molecular flexibility index (Phi) is 4.49. The van der Waals surface area contributed by atoms with Gasteiger partial charge >= 0.3 is 5.97 Å². The van der Waals surface area contributed by atoms with Gasteiger partial charge in [-0.3, -0.25) is 14.4 Å². The molecule has 1 saturated heterocycles. The van der Waals surface area contributed by atoms with Gasteiger partial charge in [0.05, 0.1) is 11.5 Å². The molecule has 1 N–H and O–H groups in total. The van der Waals surface area contributed by atoms with Crippen LogP contribution in [0.1, 0.15) is 45.5 Å². The van der Waals surface area contributed by atoms with E-state index < -0.39 is 11.8 Å². The van der Waals surface area contributed by atoms with Crippen molar-refractivity contribution in [1.29, 1.82) is 0 Å². The molecule has 1 aliphatic heterocycles. The fraction of sp³-hybridized carbons (Fsp3) is 0.318. The molecule has 1 atom stereocenters. The predicted molar refractivity (Wildman–Crippen MR) is 99.6 cm³/mol. The zero-order valence-corrected chi connectivity index (χ0v) is 15.2.